The summed E-state index contributed by atoms with van der Waals surface area (Å²) in [6.07, 6.45) is 0. The van der Waals surface area contributed by atoms with Gasteiger partial charge in [-0.25, -0.2) is 15.0 Å². The first kappa shape index (κ1) is 44.9. The average Bonchev–Trinajstić information content (AvgIpc) is 3.91. The number of rotatable bonds is 11. The zero-order valence-corrected chi connectivity index (χ0v) is 41.0. The van der Waals surface area contributed by atoms with E-state index < -0.39 is 0 Å². The monoisotopic (exact) mass is 956 g/mol. The van der Waals surface area contributed by atoms with Crippen molar-refractivity contribution in [3.8, 4) is 118 Å². The molecular formula is C71H48N4. The zero-order chi connectivity index (χ0) is 49.9. The Labute approximate surface area is 437 Å². The van der Waals surface area contributed by atoms with E-state index >= 15 is 0 Å². The molecule has 2 aromatic heterocycles. The van der Waals surface area contributed by atoms with Crippen molar-refractivity contribution in [1.82, 2.24) is 19.5 Å². The summed E-state index contributed by atoms with van der Waals surface area (Å²) in [7, 11) is 0. The first-order valence-corrected chi connectivity index (χ1v) is 25.4. The van der Waals surface area contributed by atoms with Crippen LogP contribution in [0.2, 0.25) is 0 Å². The number of hydrogen-bond donors (Lipinski definition) is 0. The second-order valence-corrected chi connectivity index (χ2v) is 18.7. The Balaban J connectivity index is 1.01. The van der Waals surface area contributed by atoms with Gasteiger partial charge in [-0.3, -0.25) is 4.57 Å². The molecule has 0 amide bonds. The number of imidazole rings is 1. The van der Waals surface area contributed by atoms with Gasteiger partial charge in [0.05, 0.1) is 22.4 Å². The van der Waals surface area contributed by atoms with Crippen LogP contribution in [0.15, 0.2) is 291 Å². The summed E-state index contributed by atoms with van der Waals surface area (Å²) >= 11 is 0. The van der Waals surface area contributed by atoms with Crippen LogP contribution in [0.4, 0.5) is 0 Å². The summed E-state index contributed by atoms with van der Waals surface area (Å²) in [6.45, 7) is 0. The van der Waals surface area contributed by atoms with Gasteiger partial charge < -0.3 is 0 Å². The molecule has 0 aliphatic heterocycles. The Morgan fingerprint density at radius 2 is 0.587 bits per heavy atom. The maximum absolute atomic E-state index is 5.24. The molecule has 13 rings (SSSR count). The minimum absolute atomic E-state index is 0.688. The molecule has 0 N–H and O–H groups in total. The SMILES string of the molecule is c1ccc(-c2ccc(-c3ccc(-c4ccc(-c5ccccc5)cc4)c(-c4ccc(-c5nc6ccccc6n5-c5ccccc5)cc4)c3-c3ccc(-c4cc(-c5ccccc5)nc(-c5ccccc5)n4)cc3)cc2)cc1. The molecular weight excluding hydrogens is 909 g/mol. The fourth-order valence-electron chi connectivity index (χ4n) is 10.3. The predicted molar refractivity (Wildman–Crippen MR) is 311 cm³/mol. The van der Waals surface area contributed by atoms with E-state index in [2.05, 4.69) is 271 Å². The quantitative estimate of drug-likeness (QED) is 0.130. The van der Waals surface area contributed by atoms with Crippen molar-refractivity contribution in [2.75, 3.05) is 0 Å². The molecule has 0 saturated carbocycles. The third kappa shape index (κ3) is 8.92. The van der Waals surface area contributed by atoms with Crippen LogP contribution in [-0.2, 0) is 0 Å². The first-order chi connectivity index (χ1) is 37.2. The number of aromatic nitrogens is 4. The highest BCUT2D eigenvalue weighted by Gasteiger charge is 2.22. The van der Waals surface area contributed by atoms with E-state index in [1.807, 2.05) is 24.3 Å². The number of hydrogen-bond acceptors (Lipinski definition) is 3. The van der Waals surface area contributed by atoms with E-state index in [0.717, 1.165) is 101 Å². The summed E-state index contributed by atoms with van der Waals surface area (Å²) in [5.74, 6) is 1.58. The van der Waals surface area contributed by atoms with Crippen LogP contribution in [0.1, 0.15) is 0 Å². The molecule has 4 heteroatoms. The van der Waals surface area contributed by atoms with Crippen molar-refractivity contribution < 1.29 is 0 Å². The normalized spacial score (nSPS) is 11.2. The second-order valence-electron chi connectivity index (χ2n) is 18.7. The lowest BCUT2D eigenvalue weighted by atomic mass is 9.82. The second kappa shape index (κ2) is 19.9. The number of nitrogens with zero attached hydrogens (tertiary/aromatic N) is 4. The predicted octanol–water partition coefficient (Wildman–Crippen LogP) is 18.5. The van der Waals surface area contributed by atoms with E-state index in [9.17, 15) is 0 Å². The molecule has 0 aliphatic carbocycles. The van der Waals surface area contributed by atoms with E-state index in [1.165, 1.54) is 22.3 Å². The van der Waals surface area contributed by atoms with E-state index in [0.29, 0.717) is 5.82 Å². The molecule has 13 aromatic rings. The van der Waals surface area contributed by atoms with E-state index in [4.69, 9.17) is 15.0 Å². The summed E-state index contributed by atoms with van der Waals surface area (Å²) < 4.78 is 2.26. The van der Waals surface area contributed by atoms with Gasteiger partial charge in [0.1, 0.15) is 5.82 Å². The molecule has 0 atom stereocenters. The molecule has 2 heterocycles. The van der Waals surface area contributed by atoms with Gasteiger partial charge in [0.25, 0.3) is 0 Å². The van der Waals surface area contributed by atoms with Crippen LogP contribution < -0.4 is 0 Å². The third-order valence-electron chi connectivity index (χ3n) is 14.1. The van der Waals surface area contributed by atoms with Crippen LogP contribution in [0.5, 0.6) is 0 Å². The molecule has 0 aliphatic rings. The molecule has 0 saturated heterocycles. The standard InChI is InChI=1S/C71H48N4/c1-6-18-49(19-7-1)51-30-34-53(35-31-51)62-46-47-63(54-36-32-52(33-37-54)50-20-8-2-9-21-50)69(58-42-44-60(45-43-58)71-74-64-28-16-17-29-67(64)75(71)61-26-14-5-15-27-61)68(62)57-40-38-56(39-41-57)66-48-65(55-22-10-3-11-23-55)72-70(73-66)59-24-12-4-13-25-59/h1-48H. The highest BCUT2D eigenvalue weighted by atomic mass is 15.1. The van der Waals surface area contributed by atoms with Gasteiger partial charge in [0.2, 0.25) is 0 Å². The molecule has 11 aromatic carbocycles. The van der Waals surface area contributed by atoms with Crippen molar-refractivity contribution in [3.05, 3.63) is 291 Å². The lowest BCUT2D eigenvalue weighted by molar-refractivity contribution is 1.10. The van der Waals surface area contributed by atoms with Crippen LogP contribution in [0, 0.1) is 0 Å². The van der Waals surface area contributed by atoms with Gasteiger partial charge in [-0.1, -0.05) is 261 Å². The van der Waals surface area contributed by atoms with Crippen LogP contribution in [-0.4, -0.2) is 19.5 Å². The first-order valence-electron chi connectivity index (χ1n) is 25.4. The third-order valence-corrected chi connectivity index (χ3v) is 14.1. The molecule has 0 radical (unpaired) electrons. The van der Waals surface area contributed by atoms with Crippen molar-refractivity contribution in [2.45, 2.75) is 0 Å². The van der Waals surface area contributed by atoms with E-state index in [-0.39, 0.29) is 0 Å². The van der Waals surface area contributed by atoms with Crippen LogP contribution in [0.3, 0.4) is 0 Å². The Morgan fingerprint density at radius 1 is 0.240 bits per heavy atom. The lowest BCUT2D eigenvalue weighted by Crippen LogP contribution is -1.98. The Hall–Kier alpha value is -10.0. The molecule has 0 unspecified atom stereocenters. The fraction of sp³-hybridized carbons (Fsp3) is 0. The lowest BCUT2D eigenvalue weighted by Gasteiger charge is -2.21. The zero-order valence-electron chi connectivity index (χ0n) is 41.0. The highest BCUT2D eigenvalue weighted by Crippen LogP contribution is 2.47. The van der Waals surface area contributed by atoms with Gasteiger partial charge in [0.15, 0.2) is 5.82 Å². The maximum Gasteiger partial charge on any atom is 0.160 e. The number of benzene rings is 11. The minimum Gasteiger partial charge on any atom is -0.292 e. The molecule has 0 bridgehead atoms. The Kier molecular flexibility index (Phi) is 11.9. The van der Waals surface area contributed by atoms with Crippen LogP contribution >= 0.6 is 0 Å². The van der Waals surface area contributed by atoms with Gasteiger partial charge in [-0.15, -0.1) is 0 Å². The fourth-order valence-corrected chi connectivity index (χ4v) is 10.3. The molecule has 352 valence electrons. The van der Waals surface area contributed by atoms with Crippen LogP contribution in [0.25, 0.3) is 129 Å². The average molecular weight is 957 g/mol. The minimum atomic E-state index is 0.688. The van der Waals surface area contributed by atoms with Crippen molar-refractivity contribution in [3.63, 3.8) is 0 Å². The topological polar surface area (TPSA) is 43.6 Å². The Morgan fingerprint density at radius 3 is 1.08 bits per heavy atom. The maximum atomic E-state index is 5.24. The molecule has 4 nitrogen and oxygen atoms in total. The smallest absolute Gasteiger partial charge is 0.160 e. The van der Waals surface area contributed by atoms with Gasteiger partial charge in [0, 0.05) is 27.9 Å². The van der Waals surface area contributed by atoms with Crippen molar-refractivity contribution in [2.24, 2.45) is 0 Å². The summed E-state index contributed by atoms with van der Waals surface area (Å²) in [6, 6.07) is 103. The van der Waals surface area contributed by atoms with Gasteiger partial charge in [-0.05, 0) is 97.1 Å². The summed E-state index contributed by atoms with van der Waals surface area (Å²) in [5.41, 5.74) is 22.6. The summed E-state index contributed by atoms with van der Waals surface area (Å²) in [4.78, 5) is 15.5. The summed E-state index contributed by atoms with van der Waals surface area (Å²) in [5, 5.41) is 0. The molecule has 75 heavy (non-hydrogen) atoms. The molecule has 0 spiro atoms. The highest BCUT2D eigenvalue weighted by molar-refractivity contribution is 6.02. The molecule has 0 fully saturated rings. The Bertz CT molecular complexity index is 4020. The number of para-hydroxylation sites is 3. The van der Waals surface area contributed by atoms with E-state index in [1.54, 1.807) is 0 Å². The van der Waals surface area contributed by atoms with Gasteiger partial charge >= 0.3 is 0 Å². The number of fused-ring (bicyclic) bond motifs is 1. The largest absolute Gasteiger partial charge is 0.292 e. The van der Waals surface area contributed by atoms with Crippen molar-refractivity contribution >= 4 is 11.0 Å². The van der Waals surface area contributed by atoms with Crippen molar-refractivity contribution in [1.29, 1.82) is 0 Å². The van der Waals surface area contributed by atoms with Gasteiger partial charge in [-0.2, -0.15) is 0 Å².